The highest BCUT2D eigenvalue weighted by Gasteiger charge is 2.08. The molecule has 0 aliphatic heterocycles. The molecule has 0 fully saturated rings. The average Bonchev–Trinajstić information content (AvgIpc) is 1.94. The highest BCUT2D eigenvalue weighted by atomic mass is 35.5. The lowest BCUT2D eigenvalue weighted by atomic mass is 10.3. The Hall–Kier alpha value is -0.700. The quantitative estimate of drug-likeness (QED) is 0.643. The molecule has 0 amide bonds. The largest absolute Gasteiger partial charge is 0.280 e. The van der Waals surface area contributed by atoms with Crippen molar-refractivity contribution in [2.75, 3.05) is 0 Å². The lowest BCUT2D eigenvalue weighted by Crippen LogP contribution is -1.92. The van der Waals surface area contributed by atoms with Crippen LogP contribution in [-0.4, -0.2) is 4.98 Å². The molecule has 0 spiro atoms. The maximum absolute atomic E-state index is 12.0. The molecule has 1 aromatic rings. The highest BCUT2D eigenvalue weighted by molar-refractivity contribution is 6.31. The number of pyridine rings is 1. The zero-order chi connectivity index (χ0) is 8.43. The summed E-state index contributed by atoms with van der Waals surface area (Å²) in [6, 6.07) is 2.64. The van der Waals surface area contributed by atoms with Crippen LogP contribution in [0.5, 0.6) is 0 Å². The molecule has 1 aromatic heterocycles. The van der Waals surface area contributed by atoms with Crippen LogP contribution < -0.4 is 0 Å². The van der Waals surface area contributed by atoms with Crippen molar-refractivity contribution in [2.45, 2.75) is 13.3 Å². The Kier molecular flexibility index (Phi) is 2.39. The van der Waals surface area contributed by atoms with Crippen molar-refractivity contribution in [1.82, 2.24) is 4.98 Å². The molecule has 0 saturated heterocycles. The van der Waals surface area contributed by atoms with Gasteiger partial charge in [-0.3, -0.25) is 4.98 Å². The van der Waals surface area contributed by atoms with E-state index in [0.29, 0.717) is 10.7 Å². The lowest BCUT2D eigenvalue weighted by molar-refractivity contribution is 0.146. The predicted molar refractivity (Wildman–Crippen MR) is 38.9 cm³/mol. The fourth-order valence-electron chi connectivity index (χ4n) is 0.685. The summed E-state index contributed by atoms with van der Waals surface area (Å²) in [5, 5.41) is 0.411. The summed E-state index contributed by atoms with van der Waals surface area (Å²) < 4.78 is 23.9. The van der Waals surface area contributed by atoms with Crippen LogP contribution in [0, 0.1) is 6.92 Å². The molecule has 60 valence electrons. The standard InChI is InChI=1S/C7H6ClF2N/c1-4-5(8)2-3-6(11-4)7(9)10/h2-3,7H,1H3. The van der Waals surface area contributed by atoms with E-state index in [1.165, 1.54) is 12.1 Å². The monoisotopic (exact) mass is 177 g/mol. The van der Waals surface area contributed by atoms with Crippen LogP contribution >= 0.6 is 11.6 Å². The minimum absolute atomic E-state index is 0.230. The molecule has 4 heteroatoms. The van der Waals surface area contributed by atoms with Gasteiger partial charge < -0.3 is 0 Å². The molecule has 11 heavy (non-hydrogen) atoms. The van der Waals surface area contributed by atoms with Gasteiger partial charge in [0, 0.05) is 0 Å². The van der Waals surface area contributed by atoms with Crippen LogP contribution in [0.1, 0.15) is 17.8 Å². The van der Waals surface area contributed by atoms with E-state index in [1.54, 1.807) is 6.92 Å². The Morgan fingerprint density at radius 2 is 2.09 bits per heavy atom. The minimum atomic E-state index is -2.52. The van der Waals surface area contributed by atoms with Crippen molar-refractivity contribution < 1.29 is 8.78 Å². The van der Waals surface area contributed by atoms with Crippen molar-refractivity contribution in [3.63, 3.8) is 0 Å². The van der Waals surface area contributed by atoms with Gasteiger partial charge in [-0.25, -0.2) is 8.78 Å². The number of aryl methyl sites for hydroxylation is 1. The lowest BCUT2D eigenvalue weighted by Gasteiger charge is -2.00. The molecule has 0 aliphatic rings. The fourth-order valence-corrected chi connectivity index (χ4v) is 0.790. The number of aromatic nitrogens is 1. The summed E-state index contributed by atoms with van der Waals surface area (Å²) in [5.41, 5.74) is 0.205. The number of halogens is 3. The zero-order valence-corrected chi connectivity index (χ0v) is 6.57. The zero-order valence-electron chi connectivity index (χ0n) is 5.81. The second-order valence-corrected chi connectivity index (χ2v) is 2.51. The first-order chi connectivity index (χ1) is 5.11. The second-order valence-electron chi connectivity index (χ2n) is 2.10. The Balaban J connectivity index is 3.05. The van der Waals surface area contributed by atoms with Crippen LogP contribution in [0.3, 0.4) is 0 Å². The normalized spacial score (nSPS) is 10.6. The van der Waals surface area contributed by atoms with Crippen LogP contribution in [0.25, 0.3) is 0 Å². The topological polar surface area (TPSA) is 12.9 Å². The molecule has 1 heterocycles. The Bertz CT molecular complexity index is 263. The molecule has 0 bridgehead atoms. The van der Waals surface area contributed by atoms with Gasteiger partial charge in [0.1, 0.15) is 5.69 Å². The van der Waals surface area contributed by atoms with Crippen LogP contribution in [-0.2, 0) is 0 Å². The number of nitrogens with zero attached hydrogens (tertiary/aromatic N) is 1. The second kappa shape index (κ2) is 3.13. The van der Waals surface area contributed by atoms with Gasteiger partial charge in [-0.05, 0) is 19.1 Å². The van der Waals surface area contributed by atoms with Crippen LogP contribution in [0.15, 0.2) is 12.1 Å². The van der Waals surface area contributed by atoms with E-state index in [2.05, 4.69) is 4.98 Å². The first kappa shape index (κ1) is 8.40. The van der Waals surface area contributed by atoms with Gasteiger partial charge in [0.25, 0.3) is 6.43 Å². The number of rotatable bonds is 1. The van der Waals surface area contributed by atoms with Crippen molar-refractivity contribution in [3.8, 4) is 0 Å². The fraction of sp³-hybridized carbons (Fsp3) is 0.286. The van der Waals surface area contributed by atoms with Gasteiger partial charge in [0.05, 0.1) is 10.7 Å². The molecule has 0 atom stereocenters. The van der Waals surface area contributed by atoms with Gasteiger partial charge in [-0.1, -0.05) is 11.6 Å². The molecule has 0 N–H and O–H groups in total. The van der Waals surface area contributed by atoms with E-state index in [-0.39, 0.29) is 5.69 Å². The van der Waals surface area contributed by atoms with E-state index in [1.807, 2.05) is 0 Å². The van der Waals surface area contributed by atoms with Crippen LogP contribution in [0.2, 0.25) is 5.02 Å². The predicted octanol–water partition coefficient (Wildman–Crippen LogP) is 2.98. The number of hydrogen-bond donors (Lipinski definition) is 0. The van der Waals surface area contributed by atoms with Crippen molar-refractivity contribution in [3.05, 3.63) is 28.5 Å². The Morgan fingerprint density at radius 1 is 1.45 bits per heavy atom. The highest BCUT2D eigenvalue weighted by Crippen LogP contribution is 2.20. The Morgan fingerprint density at radius 3 is 2.55 bits per heavy atom. The van der Waals surface area contributed by atoms with E-state index >= 15 is 0 Å². The molecular formula is C7H6ClF2N. The minimum Gasteiger partial charge on any atom is -0.251 e. The van der Waals surface area contributed by atoms with Gasteiger partial charge >= 0.3 is 0 Å². The van der Waals surface area contributed by atoms with Gasteiger partial charge in [-0.15, -0.1) is 0 Å². The Labute approximate surface area is 68.0 Å². The SMILES string of the molecule is Cc1nc(C(F)F)ccc1Cl. The number of alkyl halides is 2. The summed E-state index contributed by atoms with van der Waals surface area (Å²) in [4.78, 5) is 3.59. The summed E-state index contributed by atoms with van der Waals surface area (Å²) >= 11 is 5.58. The molecule has 1 rings (SSSR count). The maximum atomic E-state index is 12.0. The van der Waals surface area contributed by atoms with Gasteiger partial charge in [0.15, 0.2) is 0 Å². The molecule has 0 radical (unpaired) electrons. The van der Waals surface area contributed by atoms with E-state index in [0.717, 1.165) is 0 Å². The van der Waals surface area contributed by atoms with Crippen molar-refractivity contribution in [1.29, 1.82) is 0 Å². The first-order valence-electron chi connectivity index (χ1n) is 3.02. The average molecular weight is 178 g/mol. The molecule has 1 nitrogen and oxygen atoms in total. The first-order valence-corrected chi connectivity index (χ1v) is 3.40. The summed E-state index contributed by atoms with van der Waals surface area (Å²) in [6.07, 6.45) is -2.52. The third kappa shape index (κ3) is 1.87. The van der Waals surface area contributed by atoms with Gasteiger partial charge in [0.2, 0.25) is 0 Å². The molecule has 0 saturated carbocycles. The summed E-state index contributed by atoms with van der Waals surface area (Å²) in [6.45, 7) is 1.59. The van der Waals surface area contributed by atoms with Gasteiger partial charge in [-0.2, -0.15) is 0 Å². The van der Waals surface area contributed by atoms with E-state index in [9.17, 15) is 8.78 Å². The summed E-state index contributed by atoms with van der Waals surface area (Å²) in [7, 11) is 0. The maximum Gasteiger partial charge on any atom is 0.280 e. The van der Waals surface area contributed by atoms with E-state index < -0.39 is 6.43 Å². The summed E-state index contributed by atoms with van der Waals surface area (Å²) in [5.74, 6) is 0. The van der Waals surface area contributed by atoms with Crippen LogP contribution in [0.4, 0.5) is 8.78 Å². The van der Waals surface area contributed by atoms with Crippen molar-refractivity contribution in [2.24, 2.45) is 0 Å². The molecule has 0 aromatic carbocycles. The number of hydrogen-bond acceptors (Lipinski definition) is 1. The van der Waals surface area contributed by atoms with Crippen molar-refractivity contribution >= 4 is 11.6 Å². The molecule has 0 unspecified atom stereocenters. The third-order valence-corrected chi connectivity index (χ3v) is 1.67. The molecular weight excluding hydrogens is 172 g/mol. The smallest absolute Gasteiger partial charge is 0.251 e. The third-order valence-electron chi connectivity index (χ3n) is 1.27. The molecule has 0 aliphatic carbocycles. The van der Waals surface area contributed by atoms with E-state index in [4.69, 9.17) is 11.6 Å².